The van der Waals surface area contributed by atoms with Crippen molar-refractivity contribution in [2.75, 3.05) is 37.6 Å². The normalized spacial score (nSPS) is 18.5. The Morgan fingerprint density at radius 1 is 1.16 bits per heavy atom. The maximum absolute atomic E-state index is 12.5. The highest BCUT2D eigenvalue weighted by atomic mass is 16.6. The number of aromatic nitrogens is 4. The Hall–Kier alpha value is -4.00. The first-order valence-corrected chi connectivity index (χ1v) is 15.1. The summed E-state index contributed by atoms with van der Waals surface area (Å²) in [5, 5.41) is 33.4. The van der Waals surface area contributed by atoms with Crippen LogP contribution in [-0.2, 0) is 4.74 Å². The predicted molar refractivity (Wildman–Crippen MR) is 170 cm³/mol. The average Bonchev–Trinajstić information content (AvgIpc) is 3.40. The Kier molecular flexibility index (Phi) is 8.96. The Labute approximate surface area is 258 Å². The van der Waals surface area contributed by atoms with Crippen molar-refractivity contribution in [3.63, 3.8) is 0 Å². The van der Waals surface area contributed by atoms with Gasteiger partial charge in [0, 0.05) is 67.2 Å². The third kappa shape index (κ3) is 6.87. The van der Waals surface area contributed by atoms with E-state index in [0.717, 1.165) is 33.6 Å². The molecule has 1 amide bonds. The quantitative estimate of drug-likeness (QED) is 0.294. The molecule has 3 aromatic rings. The number of aliphatic hydroxyl groups excluding tert-OH is 2. The van der Waals surface area contributed by atoms with Crippen molar-refractivity contribution >= 4 is 22.9 Å². The minimum absolute atomic E-state index is 0.0688. The van der Waals surface area contributed by atoms with Crippen LogP contribution < -0.4 is 15.5 Å². The topological polar surface area (TPSA) is 141 Å². The molecule has 12 heteroatoms. The number of carbonyl (C=O) groups is 1. The number of dihydropyridines is 1. The fourth-order valence-electron chi connectivity index (χ4n) is 5.49. The number of amides is 1. The average molecular weight is 605 g/mol. The largest absolute Gasteiger partial charge is 0.444 e. The molecular formula is C32H44N8O4. The van der Waals surface area contributed by atoms with Crippen LogP contribution in [0.25, 0.3) is 22.3 Å². The molecule has 1 saturated heterocycles. The molecule has 0 spiro atoms. The maximum atomic E-state index is 12.5. The highest BCUT2D eigenvalue weighted by molar-refractivity contribution is 5.83. The second-order valence-corrected chi connectivity index (χ2v) is 12.7. The molecule has 4 N–H and O–H groups in total. The summed E-state index contributed by atoms with van der Waals surface area (Å²) in [6.45, 7) is 16.3. The van der Waals surface area contributed by atoms with E-state index >= 15 is 0 Å². The molecule has 1 fully saturated rings. The number of nitrogens with one attached hydrogen (secondary N) is 2. The minimum Gasteiger partial charge on any atom is -0.444 e. The van der Waals surface area contributed by atoms with Gasteiger partial charge < -0.3 is 30.1 Å². The summed E-state index contributed by atoms with van der Waals surface area (Å²) < 4.78 is 7.36. The molecule has 0 saturated carbocycles. The van der Waals surface area contributed by atoms with Gasteiger partial charge in [0.25, 0.3) is 0 Å². The molecule has 2 aliphatic heterocycles. The van der Waals surface area contributed by atoms with E-state index in [1.807, 2.05) is 77.4 Å². The zero-order valence-electron chi connectivity index (χ0n) is 26.6. The van der Waals surface area contributed by atoms with Gasteiger partial charge in [-0.1, -0.05) is 0 Å². The van der Waals surface area contributed by atoms with E-state index in [0.29, 0.717) is 49.6 Å². The third-order valence-electron chi connectivity index (χ3n) is 7.80. The molecule has 12 nitrogen and oxygen atoms in total. The minimum atomic E-state index is -1.03. The monoisotopic (exact) mass is 604 g/mol. The second-order valence-electron chi connectivity index (χ2n) is 12.7. The second kappa shape index (κ2) is 12.5. The van der Waals surface area contributed by atoms with Crippen molar-refractivity contribution in [2.45, 2.75) is 72.6 Å². The number of carbonyl (C=O) groups excluding carboxylic acids is 1. The zero-order valence-corrected chi connectivity index (χ0v) is 26.6. The van der Waals surface area contributed by atoms with Crippen LogP contribution in [0.1, 0.15) is 66.3 Å². The summed E-state index contributed by atoms with van der Waals surface area (Å²) in [7, 11) is 0. The van der Waals surface area contributed by atoms with E-state index in [4.69, 9.17) is 14.7 Å². The Morgan fingerprint density at radius 2 is 1.89 bits per heavy atom. The Balaban J connectivity index is 1.36. The first-order chi connectivity index (χ1) is 20.8. The van der Waals surface area contributed by atoms with Crippen molar-refractivity contribution < 1.29 is 19.7 Å². The molecule has 0 aromatic carbocycles. The zero-order chi connectivity index (χ0) is 31.8. The molecule has 0 aliphatic carbocycles. The number of aliphatic hydroxyl groups is 2. The van der Waals surface area contributed by atoms with E-state index in [9.17, 15) is 15.0 Å². The highest BCUT2D eigenvalue weighted by Gasteiger charge is 2.27. The van der Waals surface area contributed by atoms with Crippen molar-refractivity contribution in [3.8, 4) is 11.3 Å². The maximum Gasteiger partial charge on any atom is 0.410 e. The number of ether oxygens (including phenoxy) is 1. The number of nitrogens with zero attached hydrogens (tertiary/aromatic N) is 6. The first-order valence-electron chi connectivity index (χ1n) is 15.1. The number of fused-ring (bicyclic) bond motifs is 1. The van der Waals surface area contributed by atoms with E-state index in [1.165, 1.54) is 0 Å². The number of hydrogen-bond acceptors (Lipinski definition) is 10. The summed E-state index contributed by atoms with van der Waals surface area (Å²) >= 11 is 0. The lowest BCUT2D eigenvalue weighted by atomic mass is 10.0. The van der Waals surface area contributed by atoms with Crippen molar-refractivity contribution in [1.82, 2.24) is 35.3 Å². The molecule has 5 heterocycles. The molecule has 236 valence electrons. The molecule has 0 radical (unpaired) electrons. The van der Waals surface area contributed by atoms with Gasteiger partial charge in [0.2, 0.25) is 0 Å². The number of piperazine rings is 1. The fraction of sp³-hybridized carbons (Fsp3) is 0.500. The van der Waals surface area contributed by atoms with Gasteiger partial charge >= 0.3 is 6.09 Å². The van der Waals surface area contributed by atoms with E-state index in [1.54, 1.807) is 17.3 Å². The first kappa shape index (κ1) is 31.4. The molecular weight excluding hydrogens is 560 g/mol. The van der Waals surface area contributed by atoms with E-state index in [2.05, 4.69) is 20.6 Å². The van der Waals surface area contributed by atoms with Gasteiger partial charge in [-0.05, 0) is 83.9 Å². The van der Waals surface area contributed by atoms with Crippen LogP contribution in [0.4, 0.5) is 10.6 Å². The molecule has 44 heavy (non-hydrogen) atoms. The van der Waals surface area contributed by atoms with Crippen LogP contribution in [0.15, 0.2) is 53.5 Å². The van der Waals surface area contributed by atoms with Gasteiger partial charge in [-0.3, -0.25) is 5.32 Å². The van der Waals surface area contributed by atoms with Gasteiger partial charge in [-0.25, -0.2) is 19.4 Å². The highest BCUT2D eigenvalue weighted by Crippen LogP contribution is 2.30. The number of anilines is 1. The van der Waals surface area contributed by atoms with Crippen LogP contribution in [0.5, 0.6) is 0 Å². The molecule has 3 aromatic heterocycles. The lowest BCUT2D eigenvalue weighted by Crippen LogP contribution is -2.50. The summed E-state index contributed by atoms with van der Waals surface area (Å²) in [6.07, 6.45) is 3.36. The number of rotatable bonds is 7. The fourth-order valence-corrected chi connectivity index (χ4v) is 5.49. The summed E-state index contributed by atoms with van der Waals surface area (Å²) in [5.41, 5.74) is 4.88. The molecule has 2 unspecified atom stereocenters. The van der Waals surface area contributed by atoms with Crippen LogP contribution in [0, 0.1) is 0 Å². The molecule has 2 aliphatic rings. The smallest absolute Gasteiger partial charge is 0.410 e. The van der Waals surface area contributed by atoms with Crippen LogP contribution in [0.2, 0.25) is 0 Å². The van der Waals surface area contributed by atoms with Gasteiger partial charge in [0.1, 0.15) is 23.9 Å². The Bertz CT molecular complexity index is 1560. The van der Waals surface area contributed by atoms with E-state index in [-0.39, 0.29) is 12.1 Å². The molecule has 2 atom stereocenters. The van der Waals surface area contributed by atoms with Gasteiger partial charge in [-0.2, -0.15) is 5.10 Å². The number of hydrogen-bond donors (Lipinski definition) is 4. The van der Waals surface area contributed by atoms with Crippen molar-refractivity contribution in [3.05, 3.63) is 59.1 Å². The van der Waals surface area contributed by atoms with Crippen LogP contribution >= 0.6 is 0 Å². The SMILES string of the molecule is CC1=CC(C)=C(CNC(O)c2cc(-c3ccc(N4CCN(C(=O)OC(C)(C)C)CC4)nc3)nc3c2cnn3C(C)C)C(O)N1. The standard InChI is InChI=1S/C32H44N8O4/c1-19(2)40-28-25(18-35-40)23(29(41)34-17-24-20(3)14-21(4)36-30(24)42)15-26(37-28)22-8-9-27(33-16-22)38-10-12-39(13-11-38)31(43)44-32(5,6)7/h8-9,14-16,18-19,29-30,34,36,41-42H,10-13,17H2,1-7H3. The number of pyridine rings is 2. The Morgan fingerprint density at radius 3 is 2.50 bits per heavy atom. The third-order valence-corrected chi connectivity index (χ3v) is 7.80. The summed E-state index contributed by atoms with van der Waals surface area (Å²) in [5.74, 6) is 0.820. The van der Waals surface area contributed by atoms with Gasteiger partial charge in [-0.15, -0.1) is 0 Å². The predicted octanol–water partition coefficient (Wildman–Crippen LogP) is 3.85. The summed E-state index contributed by atoms with van der Waals surface area (Å²) in [4.78, 5) is 26.0. The van der Waals surface area contributed by atoms with Crippen LogP contribution in [-0.4, -0.2) is 85.5 Å². The van der Waals surface area contributed by atoms with Crippen molar-refractivity contribution in [2.24, 2.45) is 0 Å². The van der Waals surface area contributed by atoms with Gasteiger partial charge in [0.15, 0.2) is 5.65 Å². The summed E-state index contributed by atoms with van der Waals surface area (Å²) in [6, 6.07) is 5.87. The molecule has 5 rings (SSSR count). The van der Waals surface area contributed by atoms with E-state index < -0.39 is 18.1 Å². The molecule has 0 bridgehead atoms. The lowest BCUT2D eigenvalue weighted by Gasteiger charge is -2.36. The number of allylic oxidation sites excluding steroid dienone is 3. The van der Waals surface area contributed by atoms with Crippen molar-refractivity contribution in [1.29, 1.82) is 0 Å². The van der Waals surface area contributed by atoms with Gasteiger partial charge in [0.05, 0.1) is 11.9 Å². The lowest BCUT2D eigenvalue weighted by molar-refractivity contribution is 0.0240. The van der Waals surface area contributed by atoms with Crippen LogP contribution in [0.3, 0.4) is 0 Å².